The summed E-state index contributed by atoms with van der Waals surface area (Å²) in [6.45, 7) is 0.580. The highest BCUT2D eigenvalue weighted by Crippen LogP contribution is 2.03. The minimum Gasteiger partial charge on any atom is -0.384 e. The van der Waals surface area contributed by atoms with Gasteiger partial charge in [-0.1, -0.05) is 0 Å². The first-order chi connectivity index (χ1) is 4.35. The van der Waals surface area contributed by atoms with Gasteiger partial charge in [0.25, 0.3) is 0 Å². The number of hydrogen-bond acceptors (Lipinski definition) is 2. The van der Waals surface area contributed by atoms with Crippen molar-refractivity contribution >= 4 is 11.6 Å². The van der Waals surface area contributed by atoms with Crippen molar-refractivity contribution in [2.24, 2.45) is 5.92 Å². The van der Waals surface area contributed by atoms with Gasteiger partial charge in [-0.2, -0.15) is 5.26 Å². The number of rotatable bonds is 4. The van der Waals surface area contributed by atoms with Crippen molar-refractivity contribution in [2.45, 2.75) is 6.42 Å². The zero-order valence-electron chi connectivity index (χ0n) is 5.43. The lowest BCUT2D eigenvalue weighted by Gasteiger charge is -2.05. The predicted molar refractivity (Wildman–Crippen MR) is 36.3 cm³/mol. The zero-order chi connectivity index (χ0) is 7.11. The first kappa shape index (κ1) is 8.74. The Balaban J connectivity index is 3.32. The average Bonchev–Trinajstić information content (AvgIpc) is 1.88. The summed E-state index contributed by atoms with van der Waals surface area (Å²) >= 11 is 5.49. The van der Waals surface area contributed by atoms with E-state index < -0.39 is 0 Å². The van der Waals surface area contributed by atoms with Crippen LogP contribution in [0.25, 0.3) is 0 Å². The molecule has 0 spiro atoms. The second-order valence-corrected chi connectivity index (χ2v) is 2.15. The Kier molecular flexibility index (Phi) is 5.70. The van der Waals surface area contributed by atoms with Gasteiger partial charge in [0.2, 0.25) is 0 Å². The quantitative estimate of drug-likeness (QED) is 0.564. The van der Waals surface area contributed by atoms with Gasteiger partial charge in [0.05, 0.1) is 12.7 Å². The van der Waals surface area contributed by atoms with Crippen LogP contribution in [0, 0.1) is 17.2 Å². The van der Waals surface area contributed by atoms with Crippen LogP contribution in [0.1, 0.15) is 6.42 Å². The highest BCUT2D eigenvalue weighted by Gasteiger charge is 2.04. The lowest BCUT2D eigenvalue weighted by Crippen LogP contribution is -2.08. The van der Waals surface area contributed by atoms with Crippen molar-refractivity contribution in [3.63, 3.8) is 0 Å². The summed E-state index contributed by atoms with van der Waals surface area (Å²) in [5.41, 5.74) is 0. The van der Waals surface area contributed by atoms with Gasteiger partial charge in [-0.15, -0.1) is 11.6 Å². The molecule has 1 unspecified atom stereocenters. The predicted octanol–water partition coefficient (Wildman–Crippen LogP) is 1.40. The van der Waals surface area contributed by atoms with Gasteiger partial charge >= 0.3 is 0 Å². The standard InChI is InChI=1S/C6H10ClNO/c1-9-5-6(4-7)2-3-8/h6H,2,4-5H2,1H3. The van der Waals surface area contributed by atoms with Gasteiger partial charge in [0, 0.05) is 25.3 Å². The van der Waals surface area contributed by atoms with Crippen molar-refractivity contribution in [3.8, 4) is 6.07 Å². The molecular formula is C6H10ClNO. The third kappa shape index (κ3) is 4.26. The van der Waals surface area contributed by atoms with Gasteiger partial charge in [-0.3, -0.25) is 0 Å². The molecule has 2 nitrogen and oxygen atoms in total. The fourth-order valence-corrected chi connectivity index (χ4v) is 0.721. The zero-order valence-corrected chi connectivity index (χ0v) is 6.19. The van der Waals surface area contributed by atoms with Gasteiger partial charge in [0.15, 0.2) is 0 Å². The largest absolute Gasteiger partial charge is 0.384 e. The van der Waals surface area contributed by atoms with Gasteiger partial charge < -0.3 is 4.74 Å². The van der Waals surface area contributed by atoms with E-state index in [9.17, 15) is 0 Å². The Labute approximate surface area is 60.4 Å². The van der Waals surface area contributed by atoms with E-state index in [-0.39, 0.29) is 5.92 Å². The van der Waals surface area contributed by atoms with Crippen LogP contribution in [0.2, 0.25) is 0 Å². The van der Waals surface area contributed by atoms with Crippen LogP contribution in [0.5, 0.6) is 0 Å². The Morgan fingerprint density at radius 2 is 2.44 bits per heavy atom. The molecule has 0 N–H and O–H groups in total. The molecule has 0 radical (unpaired) electrons. The van der Waals surface area contributed by atoms with Crippen LogP contribution < -0.4 is 0 Å². The number of nitriles is 1. The van der Waals surface area contributed by atoms with E-state index in [1.807, 2.05) is 6.07 Å². The summed E-state index contributed by atoms with van der Waals surface area (Å²) in [6.07, 6.45) is 0.483. The summed E-state index contributed by atoms with van der Waals surface area (Å²) in [6, 6.07) is 2.04. The topological polar surface area (TPSA) is 33.0 Å². The van der Waals surface area contributed by atoms with E-state index in [4.69, 9.17) is 21.6 Å². The summed E-state index contributed by atoms with van der Waals surface area (Å²) in [5, 5.41) is 8.23. The molecule has 0 aromatic heterocycles. The van der Waals surface area contributed by atoms with Crippen molar-refractivity contribution in [1.29, 1.82) is 5.26 Å². The van der Waals surface area contributed by atoms with Crippen molar-refractivity contribution in [1.82, 2.24) is 0 Å². The second-order valence-electron chi connectivity index (χ2n) is 1.84. The molecule has 0 saturated heterocycles. The summed E-state index contributed by atoms with van der Waals surface area (Å²) in [5.74, 6) is 0.697. The Hall–Kier alpha value is -0.260. The second kappa shape index (κ2) is 5.87. The van der Waals surface area contributed by atoms with E-state index in [2.05, 4.69) is 0 Å². The Morgan fingerprint density at radius 1 is 1.78 bits per heavy atom. The summed E-state index contributed by atoms with van der Waals surface area (Å²) < 4.78 is 4.81. The fraction of sp³-hybridized carbons (Fsp3) is 0.833. The molecule has 0 amide bonds. The molecule has 0 fully saturated rings. The lowest BCUT2D eigenvalue weighted by molar-refractivity contribution is 0.162. The molecule has 0 saturated carbocycles. The SMILES string of the molecule is COCC(CCl)CC#N. The molecular weight excluding hydrogens is 138 g/mol. The maximum Gasteiger partial charge on any atom is 0.0626 e. The normalized spacial score (nSPS) is 12.6. The van der Waals surface area contributed by atoms with E-state index in [0.717, 1.165) is 0 Å². The van der Waals surface area contributed by atoms with Crippen molar-refractivity contribution < 1.29 is 4.74 Å². The minimum atomic E-state index is 0.196. The third-order valence-electron chi connectivity index (χ3n) is 1.00. The number of methoxy groups -OCH3 is 1. The molecule has 0 aliphatic heterocycles. The molecule has 9 heavy (non-hydrogen) atoms. The molecule has 0 aliphatic rings. The molecule has 52 valence electrons. The van der Waals surface area contributed by atoms with E-state index >= 15 is 0 Å². The Bertz CT molecular complexity index is 99.7. The first-order valence-electron chi connectivity index (χ1n) is 2.77. The van der Waals surface area contributed by atoms with E-state index in [0.29, 0.717) is 18.9 Å². The average molecular weight is 148 g/mol. The van der Waals surface area contributed by atoms with Crippen molar-refractivity contribution in [2.75, 3.05) is 19.6 Å². The molecule has 3 heteroatoms. The molecule has 1 atom stereocenters. The molecule has 0 aliphatic carbocycles. The molecule has 0 aromatic rings. The smallest absolute Gasteiger partial charge is 0.0626 e. The maximum absolute atomic E-state index is 8.23. The number of hydrogen-bond donors (Lipinski definition) is 0. The molecule has 0 bridgehead atoms. The lowest BCUT2D eigenvalue weighted by atomic mass is 10.1. The minimum absolute atomic E-state index is 0.196. The maximum atomic E-state index is 8.23. The molecule has 0 aromatic carbocycles. The van der Waals surface area contributed by atoms with Crippen LogP contribution in [-0.2, 0) is 4.74 Å². The van der Waals surface area contributed by atoms with Crippen molar-refractivity contribution in [3.05, 3.63) is 0 Å². The first-order valence-corrected chi connectivity index (χ1v) is 3.30. The molecule has 0 heterocycles. The Morgan fingerprint density at radius 3 is 2.78 bits per heavy atom. The van der Waals surface area contributed by atoms with Crippen LogP contribution in [0.15, 0.2) is 0 Å². The number of ether oxygens (including phenoxy) is 1. The van der Waals surface area contributed by atoms with E-state index in [1.54, 1.807) is 7.11 Å². The number of halogens is 1. The third-order valence-corrected chi connectivity index (χ3v) is 1.44. The van der Waals surface area contributed by atoms with E-state index in [1.165, 1.54) is 0 Å². The van der Waals surface area contributed by atoms with Crippen LogP contribution in [0.3, 0.4) is 0 Å². The molecule has 0 rings (SSSR count). The monoisotopic (exact) mass is 147 g/mol. The summed E-state index contributed by atoms with van der Waals surface area (Å²) in [7, 11) is 1.61. The summed E-state index contributed by atoms with van der Waals surface area (Å²) in [4.78, 5) is 0. The van der Waals surface area contributed by atoms with Crippen LogP contribution in [-0.4, -0.2) is 19.6 Å². The van der Waals surface area contributed by atoms with Gasteiger partial charge in [-0.05, 0) is 0 Å². The van der Waals surface area contributed by atoms with Crippen LogP contribution in [0.4, 0.5) is 0 Å². The van der Waals surface area contributed by atoms with Gasteiger partial charge in [0.1, 0.15) is 0 Å². The number of alkyl halides is 1. The highest BCUT2D eigenvalue weighted by molar-refractivity contribution is 6.18. The number of nitrogens with zero attached hydrogens (tertiary/aromatic N) is 1. The highest BCUT2D eigenvalue weighted by atomic mass is 35.5. The fourth-order valence-electron chi connectivity index (χ4n) is 0.523. The van der Waals surface area contributed by atoms with Crippen LogP contribution >= 0.6 is 11.6 Å². The van der Waals surface area contributed by atoms with Gasteiger partial charge in [-0.25, -0.2) is 0 Å².